The number of hydrogen-bond acceptors (Lipinski definition) is 3. The molecular weight excluding hydrogens is 210 g/mol. The van der Waals surface area contributed by atoms with E-state index >= 15 is 0 Å². The molecule has 1 atom stereocenters. The maximum Gasteiger partial charge on any atom is 0.121 e. The van der Waals surface area contributed by atoms with Crippen LogP contribution in [-0.2, 0) is 6.54 Å². The van der Waals surface area contributed by atoms with Gasteiger partial charge in [0.05, 0.1) is 6.07 Å². The third-order valence-corrected chi connectivity index (χ3v) is 3.03. The molecule has 17 heavy (non-hydrogen) atoms. The van der Waals surface area contributed by atoms with Crippen LogP contribution in [0.3, 0.4) is 0 Å². The molecule has 1 rings (SSSR count). The average molecular weight is 231 g/mol. The summed E-state index contributed by atoms with van der Waals surface area (Å²) in [5.41, 5.74) is 2.32. The van der Waals surface area contributed by atoms with Gasteiger partial charge in [-0.1, -0.05) is 38.1 Å². The van der Waals surface area contributed by atoms with Crippen LogP contribution in [0.4, 0.5) is 0 Å². The zero-order chi connectivity index (χ0) is 12.7. The lowest BCUT2D eigenvalue weighted by atomic mass is 10.1. The first-order chi connectivity index (χ1) is 8.24. The SMILES string of the molecule is CCN(CC)Cc1ccc(C(C#N)NC)cc1. The highest BCUT2D eigenvalue weighted by atomic mass is 15.1. The normalized spacial score (nSPS) is 12.4. The minimum atomic E-state index is -0.211. The number of hydrogen-bond donors (Lipinski definition) is 1. The number of nitriles is 1. The molecule has 0 aliphatic carbocycles. The molecule has 0 saturated heterocycles. The Hall–Kier alpha value is -1.37. The van der Waals surface area contributed by atoms with Crippen LogP contribution in [0.15, 0.2) is 24.3 Å². The van der Waals surface area contributed by atoms with Crippen molar-refractivity contribution < 1.29 is 0 Å². The molecule has 0 bridgehead atoms. The maximum atomic E-state index is 8.95. The quantitative estimate of drug-likeness (QED) is 0.816. The minimum Gasteiger partial charge on any atom is -0.301 e. The van der Waals surface area contributed by atoms with Crippen molar-refractivity contribution in [1.82, 2.24) is 10.2 Å². The van der Waals surface area contributed by atoms with E-state index in [4.69, 9.17) is 5.26 Å². The molecule has 0 fully saturated rings. The maximum absolute atomic E-state index is 8.95. The van der Waals surface area contributed by atoms with Crippen LogP contribution in [-0.4, -0.2) is 25.0 Å². The summed E-state index contributed by atoms with van der Waals surface area (Å²) in [6.07, 6.45) is 0. The van der Waals surface area contributed by atoms with Crippen molar-refractivity contribution in [3.8, 4) is 6.07 Å². The Morgan fingerprint density at radius 3 is 2.24 bits per heavy atom. The van der Waals surface area contributed by atoms with Crippen LogP contribution in [0, 0.1) is 11.3 Å². The molecule has 3 nitrogen and oxygen atoms in total. The molecular formula is C14H21N3. The van der Waals surface area contributed by atoms with E-state index in [1.165, 1.54) is 5.56 Å². The summed E-state index contributed by atoms with van der Waals surface area (Å²) in [4.78, 5) is 2.37. The molecule has 3 heteroatoms. The smallest absolute Gasteiger partial charge is 0.121 e. The van der Waals surface area contributed by atoms with Crippen molar-refractivity contribution in [2.45, 2.75) is 26.4 Å². The van der Waals surface area contributed by atoms with Gasteiger partial charge in [0.15, 0.2) is 0 Å². The van der Waals surface area contributed by atoms with Gasteiger partial charge in [0.2, 0.25) is 0 Å². The highest BCUT2D eigenvalue weighted by molar-refractivity contribution is 5.28. The second-order valence-electron chi connectivity index (χ2n) is 4.05. The van der Waals surface area contributed by atoms with Crippen molar-refractivity contribution >= 4 is 0 Å². The molecule has 1 unspecified atom stereocenters. The lowest BCUT2D eigenvalue weighted by Crippen LogP contribution is -2.22. The molecule has 0 radical (unpaired) electrons. The zero-order valence-corrected chi connectivity index (χ0v) is 10.9. The van der Waals surface area contributed by atoms with E-state index in [9.17, 15) is 0 Å². The summed E-state index contributed by atoms with van der Waals surface area (Å²) in [6.45, 7) is 7.45. The molecule has 1 aromatic rings. The molecule has 1 N–H and O–H groups in total. The van der Waals surface area contributed by atoms with Crippen molar-refractivity contribution in [2.24, 2.45) is 0 Å². The molecule has 1 aromatic carbocycles. The van der Waals surface area contributed by atoms with E-state index in [1.807, 2.05) is 12.1 Å². The fraction of sp³-hybridized carbons (Fsp3) is 0.500. The van der Waals surface area contributed by atoms with Crippen LogP contribution in [0.2, 0.25) is 0 Å². The van der Waals surface area contributed by atoms with Gasteiger partial charge in [0.1, 0.15) is 6.04 Å². The topological polar surface area (TPSA) is 39.1 Å². The number of nitrogens with one attached hydrogen (secondary N) is 1. The van der Waals surface area contributed by atoms with Crippen LogP contribution in [0.1, 0.15) is 31.0 Å². The van der Waals surface area contributed by atoms with Gasteiger partial charge >= 0.3 is 0 Å². The zero-order valence-electron chi connectivity index (χ0n) is 10.9. The second kappa shape index (κ2) is 7.05. The van der Waals surface area contributed by atoms with E-state index in [0.717, 1.165) is 25.2 Å². The van der Waals surface area contributed by atoms with Crippen molar-refractivity contribution in [1.29, 1.82) is 5.26 Å². The molecule has 0 amide bonds. The van der Waals surface area contributed by atoms with E-state index in [1.54, 1.807) is 7.05 Å². The fourth-order valence-corrected chi connectivity index (χ4v) is 1.83. The Morgan fingerprint density at radius 2 is 1.82 bits per heavy atom. The number of rotatable bonds is 6. The Kier molecular flexibility index (Phi) is 5.68. The van der Waals surface area contributed by atoms with E-state index < -0.39 is 0 Å². The summed E-state index contributed by atoms with van der Waals surface area (Å²) >= 11 is 0. The van der Waals surface area contributed by atoms with Gasteiger partial charge < -0.3 is 5.32 Å². The van der Waals surface area contributed by atoms with Gasteiger partial charge in [-0.25, -0.2) is 0 Å². The average Bonchev–Trinajstić information content (AvgIpc) is 2.39. The van der Waals surface area contributed by atoms with E-state index in [0.29, 0.717) is 0 Å². The third kappa shape index (κ3) is 3.85. The largest absolute Gasteiger partial charge is 0.301 e. The minimum absolute atomic E-state index is 0.211. The molecule has 0 aromatic heterocycles. The lowest BCUT2D eigenvalue weighted by Gasteiger charge is -2.18. The van der Waals surface area contributed by atoms with Gasteiger partial charge in [-0.15, -0.1) is 0 Å². The van der Waals surface area contributed by atoms with Gasteiger partial charge in [-0.3, -0.25) is 4.90 Å². The molecule has 92 valence electrons. The van der Waals surface area contributed by atoms with Crippen molar-refractivity contribution in [3.05, 3.63) is 35.4 Å². The molecule has 0 aliphatic heterocycles. The summed E-state index contributed by atoms with van der Waals surface area (Å²) in [5.74, 6) is 0. The second-order valence-corrected chi connectivity index (χ2v) is 4.05. The predicted molar refractivity (Wildman–Crippen MR) is 70.5 cm³/mol. The van der Waals surface area contributed by atoms with Crippen LogP contribution in [0.25, 0.3) is 0 Å². The first-order valence-corrected chi connectivity index (χ1v) is 6.13. The summed E-state index contributed by atoms with van der Waals surface area (Å²) in [6, 6.07) is 10.3. The Balaban J connectivity index is 2.71. The Morgan fingerprint density at radius 1 is 1.24 bits per heavy atom. The Bertz CT molecular complexity index is 360. The monoisotopic (exact) mass is 231 g/mol. The third-order valence-electron chi connectivity index (χ3n) is 3.03. The Labute approximate surface area is 104 Å². The van der Waals surface area contributed by atoms with Crippen LogP contribution >= 0.6 is 0 Å². The number of benzene rings is 1. The van der Waals surface area contributed by atoms with Gasteiger partial charge in [-0.05, 0) is 31.3 Å². The summed E-state index contributed by atoms with van der Waals surface area (Å²) in [5, 5.41) is 11.9. The van der Waals surface area contributed by atoms with Crippen molar-refractivity contribution in [3.63, 3.8) is 0 Å². The van der Waals surface area contributed by atoms with Crippen molar-refractivity contribution in [2.75, 3.05) is 20.1 Å². The molecule has 0 heterocycles. The van der Waals surface area contributed by atoms with Crippen LogP contribution < -0.4 is 5.32 Å². The highest BCUT2D eigenvalue weighted by Crippen LogP contribution is 2.13. The van der Waals surface area contributed by atoms with Crippen LogP contribution in [0.5, 0.6) is 0 Å². The highest BCUT2D eigenvalue weighted by Gasteiger charge is 2.07. The summed E-state index contributed by atoms with van der Waals surface area (Å²) in [7, 11) is 1.80. The lowest BCUT2D eigenvalue weighted by molar-refractivity contribution is 0.296. The van der Waals surface area contributed by atoms with E-state index in [2.05, 4.69) is 42.3 Å². The molecule has 0 spiro atoms. The molecule has 0 aliphatic rings. The first-order valence-electron chi connectivity index (χ1n) is 6.13. The van der Waals surface area contributed by atoms with Gasteiger partial charge in [0, 0.05) is 6.54 Å². The standard InChI is InChI=1S/C14H21N3/c1-4-17(5-2)11-12-6-8-13(9-7-12)14(10-15)16-3/h6-9,14,16H,4-5,11H2,1-3H3. The summed E-state index contributed by atoms with van der Waals surface area (Å²) < 4.78 is 0. The van der Waals surface area contributed by atoms with Gasteiger partial charge in [0.25, 0.3) is 0 Å². The first kappa shape index (κ1) is 13.7. The number of nitrogens with zero attached hydrogens (tertiary/aromatic N) is 2. The predicted octanol–water partition coefficient (Wildman–Crippen LogP) is 2.31. The van der Waals surface area contributed by atoms with Gasteiger partial charge in [-0.2, -0.15) is 5.26 Å². The molecule has 0 saturated carbocycles. The fourth-order valence-electron chi connectivity index (χ4n) is 1.83. The van der Waals surface area contributed by atoms with E-state index in [-0.39, 0.29) is 6.04 Å².